The van der Waals surface area contributed by atoms with Gasteiger partial charge in [0.1, 0.15) is 0 Å². The number of rotatable bonds is 2. The van der Waals surface area contributed by atoms with Crippen LogP contribution in [-0.2, 0) is 6.42 Å². The first-order valence-corrected chi connectivity index (χ1v) is 5.81. The monoisotopic (exact) mass is 210 g/mol. The van der Waals surface area contributed by atoms with Gasteiger partial charge in [0, 0.05) is 6.42 Å². The maximum atomic E-state index is 9.96. The third-order valence-electron chi connectivity index (χ3n) is 3.10. The molecular weight excluding hydrogens is 192 g/mol. The van der Waals surface area contributed by atoms with Gasteiger partial charge in [0.15, 0.2) is 5.82 Å². The zero-order chi connectivity index (χ0) is 10.7. The van der Waals surface area contributed by atoms with Crippen LogP contribution in [0.15, 0.2) is 4.52 Å². The van der Waals surface area contributed by atoms with E-state index in [4.69, 9.17) is 4.52 Å². The van der Waals surface area contributed by atoms with E-state index in [1.807, 2.05) is 6.92 Å². The van der Waals surface area contributed by atoms with Gasteiger partial charge in [-0.05, 0) is 12.8 Å². The summed E-state index contributed by atoms with van der Waals surface area (Å²) in [5.74, 6) is 1.42. The summed E-state index contributed by atoms with van der Waals surface area (Å²) in [5, 5.41) is 13.8. The molecule has 0 bridgehead atoms. The zero-order valence-electron chi connectivity index (χ0n) is 9.15. The zero-order valence-corrected chi connectivity index (χ0v) is 9.15. The molecule has 1 N–H and O–H groups in total. The summed E-state index contributed by atoms with van der Waals surface area (Å²) >= 11 is 0. The van der Waals surface area contributed by atoms with Gasteiger partial charge >= 0.3 is 0 Å². The number of hydrogen-bond donors (Lipinski definition) is 1. The van der Waals surface area contributed by atoms with E-state index >= 15 is 0 Å². The quantitative estimate of drug-likeness (QED) is 0.759. The van der Waals surface area contributed by atoms with Gasteiger partial charge in [-0.1, -0.05) is 31.3 Å². The molecule has 4 nitrogen and oxygen atoms in total. The fourth-order valence-electron chi connectivity index (χ4n) is 2.14. The van der Waals surface area contributed by atoms with Gasteiger partial charge in [-0.25, -0.2) is 0 Å². The van der Waals surface area contributed by atoms with Crippen molar-refractivity contribution < 1.29 is 9.63 Å². The van der Waals surface area contributed by atoms with Gasteiger partial charge in [-0.3, -0.25) is 0 Å². The smallest absolute Gasteiger partial charge is 0.232 e. The highest BCUT2D eigenvalue weighted by atomic mass is 16.5. The molecule has 15 heavy (non-hydrogen) atoms. The normalized spacial score (nSPS) is 27.6. The maximum Gasteiger partial charge on any atom is 0.232 e. The number of aromatic nitrogens is 2. The fraction of sp³-hybridized carbons (Fsp3) is 0.818. The van der Waals surface area contributed by atoms with E-state index < -0.39 is 0 Å². The number of nitrogens with zero attached hydrogens (tertiary/aromatic N) is 2. The maximum absolute atomic E-state index is 9.96. The molecule has 1 fully saturated rings. The van der Waals surface area contributed by atoms with E-state index in [2.05, 4.69) is 10.1 Å². The lowest BCUT2D eigenvalue weighted by Gasteiger charge is -2.15. The molecule has 2 atom stereocenters. The van der Waals surface area contributed by atoms with Crippen molar-refractivity contribution in [2.45, 2.75) is 57.5 Å². The van der Waals surface area contributed by atoms with Crippen LogP contribution in [0.1, 0.15) is 56.7 Å². The Balaban J connectivity index is 2.12. The van der Waals surface area contributed by atoms with Crippen LogP contribution in [0.25, 0.3) is 0 Å². The van der Waals surface area contributed by atoms with Crippen LogP contribution in [0, 0.1) is 0 Å². The Labute approximate surface area is 89.7 Å². The van der Waals surface area contributed by atoms with Crippen molar-refractivity contribution in [2.75, 3.05) is 0 Å². The number of hydrogen-bond acceptors (Lipinski definition) is 4. The third-order valence-corrected chi connectivity index (χ3v) is 3.10. The SMILES string of the molecule is CCc1noc(C2CCCCCC2O)n1. The minimum Gasteiger partial charge on any atom is -0.392 e. The second-order valence-electron chi connectivity index (χ2n) is 4.21. The second-order valence-corrected chi connectivity index (χ2v) is 4.21. The van der Waals surface area contributed by atoms with Crippen molar-refractivity contribution in [1.82, 2.24) is 10.1 Å². The molecule has 1 aromatic heterocycles. The van der Waals surface area contributed by atoms with Crippen molar-refractivity contribution in [3.05, 3.63) is 11.7 Å². The highest BCUT2D eigenvalue weighted by Crippen LogP contribution is 2.30. The summed E-state index contributed by atoms with van der Waals surface area (Å²) < 4.78 is 5.20. The minimum atomic E-state index is -0.308. The van der Waals surface area contributed by atoms with E-state index in [9.17, 15) is 5.11 Å². The van der Waals surface area contributed by atoms with Crippen LogP contribution in [0.4, 0.5) is 0 Å². The second kappa shape index (κ2) is 4.75. The van der Waals surface area contributed by atoms with Crippen LogP contribution in [-0.4, -0.2) is 21.4 Å². The van der Waals surface area contributed by atoms with Gasteiger partial charge in [-0.2, -0.15) is 4.98 Å². The minimum absolute atomic E-state index is 0.0558. The van der Waals surface area contributed by atoms with Gasteiger partial charge in [0.25, 0.3) is 0 Å². The van der Waals surface area contributed by atoms with Crippen molar-refractivity contribution in [2.24, 2.45) is 0 Å². The van der Waals surface area contributed by atoms with Crippen LogP contribution >= 0.6 is 0 Å². The average molecular weight is 210 g/mol. The van der Waals surface area contributed by atoms with Gasteiger partial charge in [0.05, 0.1) is 12.0 Å². The van der Waals surface area contributed by atoms with Crippen molar-refractivity contribution in [3.63, 3.8) is 0 Å². The Bertz CT molecular complexity index is 311. The van der Waals surface area contributed by atoms with Crippen molar-refractivity contribution in [3.8, 4) is 0 Å². The van der Waals surface area contributed by atoms with Crippen LogP contribution < -0.4 is 0 Å². The first-order valence-electron chi connectivity index (χ1n) is 5.81. The summed E-state index contributed by atoms with van der Waals surface area (Å²) in [5.41, 5.74) is 0. The molecule has 0 aliphatic heterocycles. The molecule has 0 amide bonds. The van der Waals surface area contributed by atoms with E-state index in [0.29, 0.717) is 5.89 Å². The summed E-state index contributed by atoms with van der Waals surface area (Å²) in [6.45, 7) is 2.00. The number of aryl methyl sites for hydroxylation is 1. The van der Waals surface area contributed by atoms with Gasteiger partial charge in [-0.15, -0.1) is 0 Å². The molecule has 1 saturated carbocycles. The fourth-order valence-corrected chi connectivity index (χ4v) is 2.14. The topological polar surface area (TPSA) is 59.2 Å². The average Bonchev–Trinajstić information content (AvgIpc) is 2.62. The number of aliphatic hydroxyl groups excluding tert-OH is 1. The molecule has 84 valence electrons. The lowest BCUT2D eigenvalue weighted by Crippen LogP contribution is -2.17. The molecule has 1 heterocycles. The standard InChI is InChI=1S/C11H18N2O2/c1-2-10-12-11(15-13-10)8-6-4-3-5-7-9(8)14/h8-9,14H,2-7H2,1H3. The number of aliphatic hydroxyl groups is 1. The molecule has 0 radical (unpaired) electrons. The molecule has 1 aromatic rings. The highest BCUT2D eigenvalue weighted by Gasteiger charge is 2.27. The Morgan fingerprint density at radius 1 is 1.33 bits per heavy atom. The first kappa shape index (κ1) is 10.6. The summed E-state index contributed by atoms with van der Waals surface area (Å²) in [7, 11) is 0. The predicted molar refractivity (Wildman–Crippen MR) is 55.5 cm³/mol. The summed E-state index contributed by atoms with van der Waals surface area (Å²) in [6.07, 6.45) is 5.74. The Morgan fingerprint density at radius 3 is 2.87 bits per heavy atom. The molecule has 0 spiro atoms. The van der Waals surface area contributed by atoms with Crippen molar-refractivity contribution >= 4 is 0 Å². The Kier molecular flexibility index (Phi) is 3.36. The van der Waals surface area contributed by atoms with Gasteiger partial charge < -0.3 is 9.63 Å². The molecule has 2 rings (SSSR count). The third kappa shape index (κ3) is 2.37. The molecule has 0 saturated heterocycles. The van der Waals surface area contributed by atoms with Crippen LogP contribution in [0.2, 0.25) is 0 Å². The Hall–Kier alpha value is -0.900. The molecular formula is C11H18N2O2. The van der Waals surface area contributed by atoms with Gasteiger partial charge in [0.2, 0.25) is 5.89 Å². The van der Waals surface area contributed by atoms with Crippen LogP contribution in [0.5, 0.6) is 0 Å². The molecule has 1 aliphatic rings. The van der Waals surface area contributed by atoms with E-state index in [1.165, 1.54) is 6.42 Å². The summed E-state index contributed by atoms with van der Waals surface area (Å²) in [4.78, 5) is 4.31. The van der Waals surface area contributed by atoms with Crippen LogP contribution in [0.3, 0.4) is 0 Å². The largest absolute Gasteiger partial charge is 0.392 e. The molecule has 0 aromatic carbocycles. The highest BCUT2D eigenvalue weighted by molar-refractivity contribution is 4.98. The van der Waals surface area contributed by atoms with E-state index in [-0.39, 0.29) is 12.0 Å². The molecule has 1 aliphatic carbocycles. The van der Waals surface area contributed by atoms with Crippen molar-refractivity contribution in [1.29, 1.82) is 0 Å². The first-order chi connectivity index (χ1) is 7.31. The van der Waals surface area contributed by atoms with E-state index in [0.717, 1.165) is 37.9 Å². The predicted octanol–water partition coefficient (Wildman–Crippen LogP) is 2.04. The lowest BCUT2D eigenvalue weighted by molar-refractivity contribution is 0.119. The molecule has 2 unspecified atom stereocenters. The Morgan fingerprint density at radius 2 is 2.13 bits per heavy atom. The lowest BCUT2D eigenvalue weighted by atomic mass is 9.97. The summed E-state index contributed by atoms with van der Waals surface area (Å²) in [6, 6.07) is 0. The van der Waals surface area contributed by atoms with E-state index in [1.54, 1.807) is 0 Å². The molecule has 4 heteroatoms.